The Morgan fingerprint density at radius 1 is 1.33 bits per heavy atom. The van der Waals surface area contributed by atoms with Crippen LogP contribution in [0.1, 0.15) is 12.0 Å². The molecular weight excluding hydrogens is 252 g/mol. The monoisotopic (exact) mass is 268 g/mol. The predicted molar refractivity (Wildman–Crippen MR) is 68.5 cm³/mol. The number of sulfone groups is 1. The number of hydrogen-bond donors (Lipinski definition) is 2. The molecule has 98 valence electrons. The summed E-state index contributed by atoms with van der Waals surface area (Å²) >= 11 is 0. The van der Waals surface area contributed by atoms with Gasteiger partial charge in [-0.15, -0.1) is 0 Å². The summed E-state index contributed by atoms with van der Waals surface area (Å²) in [7, 11) is -3.17. The van der Waals surface area contributed by atoms with Crippen LogP contribution in [0.15, 0.2) is 30.3 Å². The highest BCUT2D eigenvalue weighted by molar-refractivity contribution is 7.91. The van der Waals surface area contributed by atoms with E-state index in [1.165, 1.54) is 0 Å². The summed E-state index contributed by atoms with van der Waals surface area (Å²) in [6.45, 7) is 0.430. The Morgan fingerprint density at radius 3 is 2.50 bits per heavy atom. The van der Waals surface area contributed by atoms with Gasteiger partial charge in [0, 0.05) is 6.54 Å². The summed E-state index contributed by atoms with van der Waals surface area (Å²) in [5, 5.41) is 3.01. The molecule has 1 atom stereocenters. The van der Waals surface area contributed by atoms with Crippen molar-refractivity contribution in [1.29, 1.82) is 0 Å². The second kappa shape index (κ2) is 4.70. The molecule has 1 fully saturated rings. The summed E-state index contributed by atoms with van der Waals surface area (Å²) < 4.78 is 23.0. The van der Waals surface area contributed by atoms with Crippen molar-refractivity contribution < 1.29 is 13.2 Å². The summed E-state index contributed by atoms with van der Waals surface area (Å²) in [6, 6.07) is 9.49. The number of benzene rings is 1. The van der Waals surface area contributed by atoms with Crippen molar-refractivity contribution in [3.05, 3.63) is 35.9 Å². The van der Waals surface area contributed by atoms with Gasteiger partial charge in [-0.2, -0.15) is 0 Å². The normalized spacial score (nSPS) is 26.0. The minimum atomic E-state index is -3.17. The zero-order chi connectivity index (χ0) is 13.2. The molecule has 1 heterocycles. The molecule has 1 aromatic rings. The fourth-order valence-corrected chi connectivity index (χ4v) is 4.08. The Labute approximate surface area is 106 Å². The third-order valence-electron chi connectivity index (χ3n) is 3.25. The van der Waals surface area contributed by atoms with E-state index >= 15 is 0 Å². The Balaban J connectivity index is 2.12. The molecule has 0 radical (unpaired) electrons. The van der Waals surface area contributed by atoms with Crippen molar-refractivity contribution in [3.8, 4) is 0 Å². The maximum Gasteiger partial charge on any atom is 0.238 e. The lowest BCUT2D eigenvalue weighted by Crippen LogP contribution is -2.56. The van der Waals surface area contributed by atoms with Gasteiger partial charge >= 0.3 is 0 Å². The number of carbonyl (C=O) groups excluding carboxylic acids is 1. The van der Waals surface area contributed by atoms with E-state index < -0.39 is 21.3 Å². The van der Waals surface area contributed by atoms with Crippen LogP contribution in [0.3, 0.4) is 0 Å². The number of primary amides is 1. The van der Waals surface area contributed by atoms with Crippen molar-refractivity contribution in [1.82, 2.24) is 5.32 Å². The molecule has 1 amide bonds. The van der Waals surface area contributed by atoms with Crippen LogP contribution in [-0.4, -0.2) is 31.4 Å². The van der Waals surface area contributed by atoms with Gasteiger partial charge in [0.1, 0.15) is 5.54 Å². The third kappa shape index (κ3) is 2.70. The molecule has 2 rings (SSSR count). The van der Waals surface area contributed by atoms with E-state index in [0.29, 0.717) is 6.54 Å². The van der Waals surface area contributed by atoms with Gasteiger partial charge in [-0.25, -0.2) is 8.42 Å². The van der Waals surface area contributed by atoms with Gasteiger partial charge in [0.15, 0.2) is 9.84 Å². The van der Waals surface area contributed by atoms with Crippen LogP contribution in [-0.2, 0) is 21.2 Å². The topological polar surface area (TPSA) is 89.3 Å². The second-order valence-corrected chi connectivity index (χ2v) is 6.81. The van der Waals surface area contributed by atoms with E-state index in [1.54, 1.807) is 0 Å². The lowest BCUT2D eigenvalue weighted by molar-refractivity contribution is -0.123. The lowest BCUT2D eigenvalue weighted by atomic mass is 9.97. The highest BCUT2D eigenvalue weighted by Gasteiger charge is 2.46. The molecule has 0 bridgehead atoms. The standard InChI is InChI=1S/C12H16N2O3S/c13-11(15)12(6-7-18(16,17)9-12)14-8-10-4-2-1-3-5-10/h1-5,14H,6-9H2,(H2,13,15). The number of nitrogens with two attached hydrogens (primary N) is 1. The van der Waals surface area contributed by atoms with Crippen molar-refractivity contribution in [2.45, 2.75) is 18.5 Å². The largest absolute Gasteiger partial charge is 0.368 e. The molecule has 0 saturated carbocycles. The Bertz CT molecular complexity index is 542. The fraction of sp³-hybridized carbons (Fsp3) is 0.417. The maximum atomic E-state index is 11.5. The Morgan fingerprint density at radius 2 is 2.00 bits per heavy atom. The summed E-state index contributed by atoms with van der Waals surface area (Å²) in [5.74, 6) is -0.792. The van der Waals surface area contributed by atoms with Gasteiger partial charge in [0.05, 0.1) is 11.5 Å². The minimum absolute atomic E-state index is 0.0116. The minimum Gasteiger partial charge on any atom is -0.368 e. The molecule has 1 aliphatic rings. The van der Waals surface area contributed by atoms with E-state index in [-0.39, 0.29) is 17.9 Å². The number of hydrogen-bond acceptors (Lipinski definition) is 4. The maximum absolute atomic E-state index is 11.5. The summed E-state index contributed by atoms with van der Waals surface area (Å²) in [6.07, 6.45) is 0.248. The van der Waals surface area contributed by atoms with E-state index in [0.717, 1.165) is 5.56 Å². The molecule has 1 unspecified atom stereocenters. The van der Waals surface area contributed by atoms with E-state index in [4.69, 9.17) is 5.73 Å². The Hall–Kier alpha value is -1.40. The van der Waals surface area contributed by atoms with Gasteiger partial charge in [-0.3, -0.25) is 10.1 Å². The van der Waals surface area contributed by atoms with Crippen LogP contribution in [0, 0.1) is 0 Å². The van der Waals surface area contributed by atoms with Crippen molar-refractivity contribution in [2.75, 3.05) is 11.5 Å². The van der Waals surface area contributed by atoms with Gasteiger partial charge in [-0.1, -0.05) is 30.3 Å². The molecular formula is C12H16N2O3S. The Kier molecular flexibility index (Phi) is 3.41. The fourth-order valence-electron chi connectivity index (χ4n) is 2.14. The first kappa shape index (κ1) is 13.0. The molecule has 5 nitrogen and oxygen atoms in total. The number of amides is 1. The lowest BCUT2D eigenvalue weighted by Gasteiger charge is -2.25. The SMILES string of the molecule is NC(=O)C1(NCc2ccccc2)CCS(=O)(=O)C1. The summed E-state index contributed by atoms with van der Waals surface area (Å²) in [5.41, 5.74) is 5.22. The van der Waals surface area contributed by atoms with Crippen LogP contribution >= 0.6 is 0 Å². The molecule has 1 aliphatic heterocycles. The summed E-state index contributed by atoms with van der Waals surface area (Å²) in [4.78, 5) is 11.5. The average Bonchev–Trinajstić information content (AvgIpc) is 2.65. The highest BCUT2D eigenvalue weighted by Crippen LogP contribution is 2.23. The number of nitrogens with one attached hydrogen (secondary N) is 1. The second-order valence-electron chi connectivity index (χ2n) is 4.63. The molecule has 3 N–H and O–H groups in total. The van der Waals surface area contributed by atoms with Crippen LogP contribution < -0.4 is 11.1 Å². The highest BCUT2D eigenvalue weighted by atomic mass is 32.2. The first-order valence-electron chi connectivity index (χ1n) is 5.73. The van der Waals surface area contributed by atoms with Crippen LogP contribution in [0.25, 0.3) is 0 Å². The molecule has 0 spiro atoms. The molecule has 0 aliphatic carbocycles. The van der Waals surface area contributed by atoms with E-state index in [9.17, 15) is 13.2 Å². The van der Waals surface area contributed by atoms with Gasteiger partial charge in [-0.05, 0) is 12.0 Å². The average molecular weight is 268 g/mol. The quantitative estimate of drug-likeness (QED) is 0.792. The van der Waals surface area contributed by atoms with E-state index in [2.05, 4.69) is 5.32 Å². The van der Waals surface area contributed by atoms with Crippen molar-refractivity contribution in [2.24, 2.45) is 5.73 Å². The molecule has 18 heavy (non-hydrogen) atoms. The number of rotatable bonds is 4. The first-order chi connectivity index (χ1) is 8.44. The molecule has 1 aromatic carbocycles. The van der Waals surface area contributed by atoms with E-state index in [1.807, 2.05) is 30.3 Å². The molecule has 0 aromatic heterocycles. The van der Waals surface area contributed by atoms with Crippen molar-refractivity contribution in [3.63, 3.8) is 0 Å². The number of carbonyl (C=O) groups is 1. The van der Waals surface area contributed by atoms with Gasteiger partial charge in [0.25, 0.3) is 0 Å². The van der Waals surface area contributed by atoms with Crippen LogP contribution in [0.2, 0.25) is 0 Å². The van der Waals surface area contributed by atoms with Crippen LogP contribution in [0.4, 0.5) is 0 Å². The zero-order valence-corrected chi connectivity index (χ0v) is 10.7. The smallest absolute Gasteiger partial charge is 0.238 e. The third-order valence-corrected chi connectivity index (χ3v) is 5.01. The van der Waals surface area contributed by atoms with Gasteiger partial charge in [0.2, 0.25) is 5.91 Å². The van der Waals surface area contributed by atoms with Crippen molar-refractivity contribution >= 4 is 15.7 Å². The molecule has 1 saturated heterocycles. The predicted octanol–water partition coefficient (Wildman–Crippen LogP) is -0.181. The zero-order valence-electron chi connectivity index (χ0n) is 9.93. The molecule has 6 heteroatoms. The van der Waals surface area contributed by atoms with Gasteiger partial charge < -0.3 is 5.73 Å². The first-order valence-corrected chi connectivity index (χ1v) is 7.55. The van der Waals surface area contributed by atoms with Crippen LogP contribution in [0.5, 0.6) is 0 Å².